The molecule has 0 fully saturated rings. The van der Waals surface area contributed by atoms with Crippen LogP contribution >= 0.6 is 0 Å². The van der Waals surface area contributed by atoms with Gasteiger partial charge in [-0.1, -0.05) is 0 Å². The first-order valence-electron chi connectivity index (χ1n) is 8.27. The third kappa shape index (κ3) is 5.33. The molecule has 3 N–H and O–H groups in total. The molecule has 1 aromatic heterocycles. The van der Waals surface area contributed by atoms with Crippen molar-refractivity contribution < 1.29 is 28.7 Å². The highest BCUT2D eigenvalue weighted by Gasteiger charge is 2.27. The van der Waals surface area contributed by atoms with E-state index >= 15 is 0 Å². The highest BCUT2D eigenvalue weighted by Crippen LogP contribution is 2.20. The molecule has 0 aliphatic heterocycles. The highest BCUT2D eigenvalue weighted by atomic mass is 16.5. The van der Waals surface area contributed by atoms with E-state index < -0.39 is 30.0 Å². The minimum absolute atomic E-state index is 0.0526. The van der Waals surface area contributed by atoms with Crippen molar-refractivity contribution in [1.82, 2.24) is 15.6 Å². The molecule has 0 saturated carbocycles. The van der Waals surface area contributed by atoms with Gasteiger partial charge in [0.25, 0.3) is 5.91 Å². The number of hydrogen-bond donors (Lipinski definition) is 3. The van der Waals surface area contributed by atoms with Crippen LogP contribution < -0.4 is 10.6 Å². The largest absolute Gasteiger partial charge is 0.462 e. The third-order valence-electron chi connectivity index (χ3n) is 3.43. The number of rotatable bonds is 6. The van der Waals surface area contributed by atoms with Crippen molar-refractivity contribution in [3.05, 3.63) is 22.5 Å². The zero-order valence-corrected chi connectivity index (χ0v) is 15.8. The summed E-state index contributed by atoms with van der Waals surface area (Å²) in [5.41, 5.74) is 1.14. The summed E-state index contributed by atoms with van der Waals surface area (Å²) in [4.78, 5) is 50.5. The Hall–Kier alpha value is -2.84. The molecule has 9 heteroatoms. The van der Waals surface area contributed by atoms with Gasteiger partial charge in [-0.15, -0.1) is 0 Å². The molecule has 1 heterocycles. The van der Waals surface area contributed by atoms with Crippen LogP contribution in [0.2, 0.25) is 0 Å². The second kappa shape index (κ2) is 9.02. The van der Waals surface area contributed by atoms with E-state index in [-0.39, 0.29) is 23.9 Å². The van der Waals surface area contributed by atoms with Crippen LogP contribution in [0, 0.1) is 13.8 Å². The standard InChI is InChI=1S/C17H25N3O6/c1-7-25-15(22)12-9(4)13(19-10(12)5)16(23)26-11(6)14(21)20-17(24)18-8(2)3/h8,11,19H,7H2,1-6H3,(H2,18,20,21,24)/t11-/m1/s1. The summed E-state index contributed by atoms with van der Waals surface area (Å²) < 4.78 is 10.0. The average Bonchev–Trinajstić information content (AvgIpc) is 2.81. The van der Waals surface area contributed by atoms with Crippen LogP contribution in [0.1, 0.15) is 59.8 Å². The molecule has 1 rings (SSSR count). The van der Waals surface area contributed by atoms with Crippen molar-refractivity contribution in [2.45, 2.75) is 53.7 Å². The number of carbonyl (C=O) groups is 4. The van der Waals surface area contributed by atoms with E-state index in [9.17, 15) is 19.2 Å². The van der Waals surface area contributed by atoms with Gasteiger partial charge in [-0.2, -0.15) is 0 Å². The number of ether oxygens (including phenoxy) is 2. The number of amides is 3. The van der Waals surface area contributed by atoms with Crippen LogP contribution in [-0.2, 0) is 14.3 Å². The molecule has 26 heavy (non-hydrogen) atoms. The summed E-state index contributed by atoms with van der Waals surface area (Å²) in [7, 11) is 0. The molecule has 0 aliphatic rings. The smallest absolute Gasteiger partial charge is 0.355 e. The van der Waals surface area contributed by atoms with Crippen LogP contribution in [0.4, 0.5) is 4.79 Å². The van der Waals surface area contributed by atoms with E-state index in [0.29, 0.717) is 11.3 Å². The van der Waals surface area contributed by atoms with Gasteiger partial charge in [0.15, 0.2) is 6.10 Å². The quantitative estimate of drug-likeness (QED) is 0.655. The fourth-order valence-corrected chi connectivity index (χ4v) is 2.25. The fraction of sp³-hybridized carbons (Fsp3) is 0.529. The third-order valence-corrected chi connectivity index (χ3v) is 3.43. The second-order valence-corrected chi connectivity index (χ2v) is 6.01. The molecular weight excluding hydrogens is 342 g/mol. The number of imide groups is 1. The number of esters is 2. The average molecular weight is 367 g/mol. The van der Waals surface area contributed by atoms with Gasteiger partial charge in [0.1, 0.15) is 5.69 Å². The number of nitrogens with one attached hydrogen (secondary N) is 3. The number of aromatic nitrogens is 1. The Bertz CT molecular complexity index is 708. The molecule has 0 aliphatic carbocycles. The monoisotopic (exact) mass is 367 g/mol. The van der Waals surface area contributed by atoms with E-state index in [1.165, 1.54) is 6.92 Å². The zero-order valence-electron chi connectivity index (χ0n) is 15.8. The van der Waals surface area contributed by atoms with Gasteiger partial charge in [-0.3, -0.25) is 10.1 Å². The lowest BCUT2D eigenvalue weighted by atomic mass is 10.1. The molecule has 0 aromatic carbocycles. The van der Waals surface area contributed by atoms with E-state index in [1.54, 1.807) is 34.6 Å². The van der Waals surface area contributed by atoms with Crippen molar-refractivity contribution in [2.24, 2.45) is 0 Å². The van der Waals surface area contributed by atoms with Crippen molar-refractivity contribution in [3.8, 4) is 0 Å². The van der Waals surface area contributed by atoms with Crippen LogP contribution in [0.25, 0.3) is 0 Å². The summed E-state index contributed by atoms with van der Waals surface area (Å²) in [5, 5.41) is 4.57. The Morgan fingerprint density at radius 1 is 1.08 bits per heavy atom. The zero-order chi connectivity index (χ0) is 20.0. The van der Waals surface area contributed by atoms with E-state index in [0.717, 1.165) is 0 Å². The molecule has 3 amide bonds. The molecule has 1 atom stereocenters. The number of hydrogen-bond acceptors (Lipinski definition) is 6. The number of urea groups is 1. The van der Waals surface area contributed by atoms with E-state index in [2.05, 4.69) is 15.6 Å². The Morgan fingerprint density at radius 2 is 1.69 bits per heavy atom. The summed E-state index contributed by atoms with van der Waals surface area (Å²) in [6.07, 6.45) is -1.20. The lowest BCUT2D eigenvalue weighted by Crippen LogP contribution is -2.46. The van der Waals surface area contributed by atoms with Gasteiger partial charge >= 0.3 is 18.0 Å². The number of carbonyl (C=O) groups excluding carboxylic acids is 4. The van der Waals surface area contributed by atoms with Crippen molar-refractivity contribution in [1.29, 1.82) is 0 Å². The normalized spacial score (nSPS) is 11.7. The van der Waals surface area contributed by atoms with Crippen LogP contribution in [0.5, 0.6) is 0 Å². The Kier molecular flexibility index (Phi) is 7.36. The summed E-state index contributed by atoms with van der Waals surface area (Å²) in [6, 6.07) is -0.823. The molecule has 0 spiro atoms. The molecular formula is C17H25N3O6. The fourth-order valence-electron chi connectivity index (χ4n) is 2.25. The second-order valence-electron chi connectivity index (χ2n) is 6.01. The number of H-pyrrole nitrogens is 1. The summed E-state index contributed by atoms with van der Waals surface area (Å²) in [5.74, 6) is -2.12. The predicted molar refractivity (Wildman–Crippen MR) is 92.9 cm³/mol. The molecule has 0 radical (unpaired) electrons. The van der Waals surface area contributed by atoms with Gasteiger partial charge in [0.2, 0.25) is 0 Å². The topological polar surface area (TPSA) is 127 Å². The number of aryl methyl sites for hydroxylation is 1. The highest BCUT2D eigenvalue weighted by molar-refractivity contribution is 6.00. The van der Waals surface area contributed by atoms with Crippen molar-refractivity contribution in [2.75, 3.05) is 6.61 Å². The first-order chi connectivity index (χ1) is 12.1. The Morgan fingerprint density at radius 3 is 2.23 bits per heavy atom. The lowest BCUT2D eigenvalue weighted by Gasteiger charge is -2.14. The minimum atomic E-state index is -1.20. The molecule has 0 unspecified atom stereocenters. The molecule has 0 saturated heterocycles. The Labute approximate surface area is 151 Å². The summed E-state index contributed by atoms with van der Waals surface area (Å²) in [6.45, 7) is 9.91. The molecule has 144 valence electrons. The van der Waals surface area contributed by atoms with Crippen LogP contribution in [-0.4, -0.2) is 47.6 Å². The maximum absolute atomic E-state index is 12.3. The van der Waals surface area contributed by atoms with Crippen molar-refractivity contribution >= 4 is 23.9 Å². The van der Waals surface area contributed by atoms with Crippen molar-refractivity contribution in [3.63, 3.8) is 0 Å². The van der Waals surface area contributed by atoms with Crippen LogP contribution in [0.15, 0.2) is 0 Å². The van der Waals surface area contributed by atoms with E-state index in [4.69, 9.17) is 9.47 Å². The molecule has 0 bridgehead atoms. The van der Waals surface area contributed by atoms with Gasteiger partial charge in [0.05, 0.1) is 12.2 Å². The number of aromatic amines is 1. The predicted octanol–water partition coefficient (Wildman–Crippen LogP) is 1.59. The van der Waals surface area contributed by atoms with Gasteiger partial charge in [0, 0.05) is 11.7 Å². The van der Waals surface area contributed by atoms with Crippen LogP contribution in [0.3, 0.4) is 0 Å². The Balaban J connectivity index is 2.82. The first-order valence-corrected chi connectivity index (χ1v) is 8.27. The molecule has 9 nitrogen and oxygen atoms in total. The summed E-state index contributed by atoms with van der Waals surface area (Å²) >= 11 is 0. The van der Waals surface area contributed by atoms with Gasteiger partial charge in [-0.25, -0.2) is 14.4 Å². The lowest BCUT2D eigenvalue weighted by molar-refractivity contribution is -0.127. The maximum atomic E-state index is 12.3. The van der Waals surface area contributed by atoms with Gasteiger partial charge < -0.3 is 19.8 Å². The van der Waals surface area contributed by atoms with E-state index in [1.807, 2.05) is 0 Å². The first kappa shape index (κ1) is 21.2. The molecule has 1 aromatic rings. The minimum Gasteiger partial charge on any atom is -0.462 e. The SMILES string of the molecule is CCOC(=O)c1c(C)[nH]c(C(=O)O[C@H](C)C(=O)NC(=O)NC(C)C)c1C. The van der Waals surface area contributed by atoms with Gasteiger partial charge in [-0.05, 0) is 47.1 Å². The maximum Gasteiger partial charge on any atom is 0.355 e.